The van der Waals surface area contributed by atoms with Crippen LogP contribution < -0.4 is 15.4 Å². The fourth-order valence-corrected chi connectivity index (χ4v) is 3.67. The number of ether oxygens (including phenoxy) is 1. The maximum absolute atomic E-state index is 5.56. The third-order valence-electron chi connectivity index (χ3n) is 4.25. The number of aryl methyl sites for hydroxylation is 2. The van der Waals surface area contributed by atoms with Gasteiger partial charge in [-0.25, -0.2) is 9.98 Å². The van der Waals surface area contributed by atoms with Crippen LogP contribution in [0.5, 0.6) is 5.75 Å². The third-order valence-corrected chi connectivity index (χ3v) is 5.31. The minimum absolute atomic E-state index is 0.616. The van der Waals surface area contributed by atoms with Gasteiger partial charge in [-0.3, -0.25) is 0 Å². The summed E-state index contributed by atoms with van der Waals surface area (Å²) in [5, 5.41) is 7.77. The van der Waals surface area contributed by atoms with Crippen LogP contribution in [0.25, 0.3) is 0 Å². The molecule has 0 bridgehead atoms. The molecule has 0 unspecified atom stereocenters. The van der Waals surface area contributed by atoms with E-state index in [0.29, 0.717) is 6.54 Å². The molecule has 0 amide bonds. The molecule has 0 radical (unpaired) electrons. The molecule has 0 fully saturated rings. The molecular weight excluding hydrogens is 332 g/mol. The van der Waals surface area contributed by atoms with E-state index in [9.17, 15) is 0 Å². The number of fused-ring (bicyclic) bond motifs is 1. The predicted octanol–water partition coefficient (Wildman–Crippen LogP) is 2.99. The maximum Gasteiger partial charge on any atom is 0.191 e. The quantitative estimate of drug-likeness (QED) is 0.616. The number of aromatic nitrogens is 1. The van der Waals surface area contributed by atoms with Crippen molar-refractivity contribution in [1.29, 1.82) is 0 Å². The van der Waals surface area contributed by atoms with Gasteiger partial charge in [0.25, 0.3) is 0 Å². The predicted molar refractivity (Wildman–Crippen MR) is 104 cm³/mol. The number of nitrogens with zero attached hydrogens (tertiary/aromatic N) is 2. The molecule has 0 saturated heterocycles. The zero-order valence-electron chi connectivity index (χ0n) is 15.2. The molecule has 134 valence electrons. The zero-order valence-corrected chi connectivity index (χ0v) is 16.0. The van der Waals surface area contributed by atoms with Crippen LogP contribution in [0.15, 0.2) is 23.2 Å². The number of thiazole rings is 1. The van der Waals surface area contributed by atoms with Crippen molar-refractivity contribution in [1.82, 2.24) is 15.6 Å². The van der Waals surface area contributed by atoms with Gasteiger partial charge < -0.3 is 15.4 Å². The Hall–Kier alpha value is -2.08. The fraction of sp³-hybridized carbons (Fsp3) is 0.474. The highest BCUT2D eigenvalue weighted by Gasteiger charge is 2.11. The molecule has 5 nitrogen and oxygen atoms in total. The summed E-state index contributed by atoms with van der Waals surface area (Å²) in [5.41, 5.74) is 3.76. The first-order valence-corrected chi connectivity index (χ1v) is 9.67. The van der Waals surface area contributed by atoms with Crippen molar-refractivity contribution in [2.24, 2.45) is 4.99 Å². The summed E-state index contributed by atoms with van der Waals surface area (Å²) in [6, 6.07) is 6.50. The largest absolute Gasteiger partial charge is 0.493 e. The van der Waals surface area contributed by atoms with E-state index < -0.39 is 0 Å². The number of hydrogen-bond acceptors (Lipinski definition) is 4. The Morgan fingerprint density at radius 1 is 1.32 bits per heavy atom. The van der Waals surface area contributed by atoms with Gasteiger partial charge in [0.15, 0.2) is 5.96 Å². The van der Waals surface area contributed by atoms with E-state index in [-0.39, 0.29) is 0 Å². The number of benzene rings is 1. The monoisotopic (exact) mass is 358 g/mol. The average Bonchev–Trinajstić information content (AvgIpc) is 3.19. The normalized spacial score (nSPS) is 13.5. The molecule has 0 atom stereocenters. The summed E-state index contributed by atoms with van der Waals surface area (Å²) >= 11 is 1.72. The fourth-order valence-electron chi connectivity index (χ4n) is 2.82. The van der Waals surface area contributed by atoms with Crippen LogP contribution in [-0.4, -0.2) is 30.6 Å². The molecule has 2 aromatic rings. The molecule has 0 saturated carbocycles. The Morgan fingerprint density at radius 2 is 2.20 bits per heavy atom. The van der Waals surface area contributed by atoms with Gasteiger partial charge in [-0.1, -0.05) is 12.1 Å². The molecule has 1 aliphatic rings. The van der Waals surface area contributed by atoms with E-state index >= 15 is 0 Å². The summed E-state index contributed by atoms with van der Waals surface area (Å²) in [5.74, 6) is 1.89. The maximum atomic E-state index is 5.56. The number of guanidine groups is 1. The van der Waals surface area contributed by atoms with Crippen LogP contribution in [0.1, 0.15) is 33.6 Å². The van der Waals surface area contributed by atoms with Crippen LogP contribution in [0.3, 0.4) is 0 Å². The lowest BCUT2D eigenvalue weighted by Gasteiger charge is -2.11. The van der Waals surface area contributed by atoms with Gasteiger partial charge in [0.2, 0.25) is 0 Å². The molecule has 2 heterocycles. The van der Waals surface area contributed by atoms with Crippen LogP contribution >= 0.6 is 11.3 Å². The van der Waals surface area contributed by atoms with Crippen molar-refractivity contribution in [2.75, 3.05) is 19.7 Å². The second-order valence-corrected chi connectivity index (χ2v) is 7.45. The highest BCUT2D eigenvalue weighted by molar-refractivity contribution is 7.11. The highest BCUT2D eigenvalue weighted by atomic mass is 32.1. The lowest BCUT2D eigenvalue weighted by Crippen LogP contribution is -2.38. The van der Waals surface area contributed by atoms with Crippen molar-refractivity contribution in [3.05, 3.63) is 44.9 Å². The van der Waals surface area contributed by atoms with Gasteiger partial charge in [-0.15, -0.1) is 11.3 Å². The van der Waals surface area contributed by atoms with Crippen LogP contribution in [0, 0.1) is 13.8 Å². The summed E-state index contributed by atoms with van der Waals surface area (Å²) in [7, 11) is 0. The molecule has 1 aromatic carbocycles. The molecule has 0 aliphatic carbocycles. The number of aliphatic imine (C=N–C) groups is 1. The molecule has 2 N–H and O–H groups in total. The first-order chi connectivity index (χ1) is 12.2. The topological polar surface area (TPSA) is 58.5 Å². The number of hydrogen-bond donors (Lipinski definition) is 2. The van der Waals surface area contributed by atoms with Crippen molar-refractivity contribution >= 4 is 17.3 Å². The number of nitrogens with one attached hydrogen (secondary N) is 2. The van der Waals surface area contributed by atoms with Crippen LogP contribution in [-0.2, 0) is 19.4 Å². The van der Waals surface area contributed by atoms with E-state index in [4.69, 9.17) is 4.74 Å². The van der Waals surface area contributed by atoms with Crippen molar-refractivity contribution < 1.29 is 4.74 Å². The Balaban J connectivity index is 1.53. The lowest BCUT2D eigenvalue weighted by atomic mass is 10.1. The Morgan fingerprint density at radius 3 is 2.96 bits per heavy atom. The van der Waals surface area contributed by atoms with E-state index in [1.165, 1.54) is 16.0 Å². The summed E-state index contributed by atoms with van der Waals surface area (Å²) in [4.78, 5) is 10.5. The van der Waals surface area contributed by atoms with Gasteiger partial charge in [0.1, 0.15) is 10.8 Å². The van der Waals surface area contributed by atoms with E-state index in [1.54, 1.807) is 11.3 Å². The van der Waals surface area contributed by atoms with Gasteiger partial charge in [0, 0.05) is 24.4 Å². The third kappa shape index (κ3) is 4.72. The minimum atomic E-state index is 0.616. The Labute approximate surface area is 153 Å². The van der Waals surface area contributed by atoms with Crippen LogP contribution in [0.4, 0.5) is 0 Å². The average molecular weight is 359 g/mol. The first-order valence-electron chi connectivity index (χ1n) is 8.85. The Kier molecular flexibility index (Phi) is 5.91. The second kappa shape index (κ2) is 8.34. The minimum Gasteiger partial charge on any atom is -0.493 e. The molecule has 1 aromatic heterocycles. The molecule has 25 heavy (non-hydrogen) atoms. The van der Waals surface area contributed by atoms with Crippen molar-refractivity contribution in [3.8, 4) is 5.75 Å². The zero-order chi connectivity index (χ0) is 17.6. The number of rotatable bonds is 6. The second-order valence-electron chi connectivity index (χ2n) is 6.16. The SMILES string of the molecule is CCNC(=NCc1nc(C)c(C)s1)NCCc1ccc2c(c1)CCO2. The van der Waals surface area contributed by atoms with E-state index in [2.05, 4.69) is 52.7 Å². The summed E-state index contributed by atoms with van der Waals surface area (Å²) in [6.45, 7) is 9.35. The van der Waals surface area contributed by atoms with Gasteiger partial charge in [-0.05, 0) is 44.4 Å². The van der Waals surface area contributed by atoms with Crippen molar-refractivity contribution in [2.45, 2.75) is 40.2 Å². The van der Waals surface area contributed by atoms with E-state index in [1.807, 2.05) is 6.92 Å². The standard InChI is InChI=1S/C19H26N4OS/c1-4-20-19(22-12-18-23-13(2)14(3)25-18)21-9-7-15-5-6-17-16(11-15)8-10-24-17/h5-6,11H,4,7-10,12H2,1-3H3,(H2,20,21,22). The highest BCUT2D eigenvalue weighted by Crippen LogP contribution is 2.25. The van der Waals surface area contributed by atoms with Crippen molar-refractivity contribution in [3.63, 3.8) is 0 Å². The van der Waals surface area contributed by atoms with E-state index in [0.717, 1.165) is 54.9 Å². The van der Waals surface area contributed by atoms with Gasteiger partial charge in [0.05, 0.1) is 18.8 Å². The molecule has 6 heteroatoms. The lowest BCUT2D eigenvalue weighted by molar-refractivity contribution is 0.357. The first kappa shape index (κ1) is 17.7. The summed E-state index contributed by atoms with van der Waals surface area (Å²) < 4.78 is 5.56. The van der Waals surface area contributed by atoms with Gasteiger partial charge in [-0.2, -0.15) is 0 Å². The Bertz CT molecular complexity index is 734. The van der Waals surface area contributed by atoms with Crippen LogP contribution in [0.2, 0.25) is 0 Å². The smallest absolute Gasteiger partial charge is 0.191 e. The molecule has 1 aliphatic heterocycles. The van der Waals surface area contributed by atoms with Gasteiger partial charge >= 0.3 is 0 Å². The molecular formula is C19H26N4OS. The summed E-state index contributed by atoms with van der Waals surface area (Å²) in [6.07, 6.45) is 1.99. The molecule has 3 rings (SSSR count). The molecule has 0 spiro atoms.